The molecule has 0 saturated carbocycles. The molecule has 29 heavy (non-hydrogen) atoms. The summed E-state index contributed by atoms with van der Waals surface area (Å²) in [4.78, 5) is 27.7. The van der Waals surface area contributed by atoms with Gasteiger partial charge in [-0.1, -0.05) is 68.4 Å². The first-order valence-corrected chi connectivity index (χ1v) is 10.7. The van der Waals surface area contributed by atoms with Gasteiger partial charge in [-0.05, 0) is 49.8 Å². The minimum Gasteiger partial charge on any atom is -0.352 e. The van der Waals surface area contributed by atoms with Crippen molar-refractivity contribution in [3.63, 3.8) is 0 Å². The van der Waals surface area contributed by atoms with Crippen molar-refractivity contribution >= 4 is 11.8 Å². The molecule has 0 aromatic heterocycles. The first-order valence-electron chi connectivity index (χ1n) is 10.7. The lowest BCUT2D eigenvalue weighted by atomic mass is 10.0. The van der Waals surface area contributed by atoms with Crippen LogP contribution in [0.1, 0.15) is 57.2 Å². The van der Waals surface area contributed by atoms with Crippen molar-refractivity contribution in [2.24, 2.45) is 0 Å². The molecule has 0 unspecified atom stereocenters. The molecule has 2 aromatic rings. The monoisotopic (exact) mass is 394 g/mol. The summed E-state index contributed by atoms with van der Waals surface area (Å²) in [6.45, 7) is 8.41. The Labute approximate surface area is 175 Å². The maximum absolute atomic E-state index is 13.2. The van der Waals surface area contributed by atoms with E-state index in [1.807, 2.05) is 51.1 Å². The summed E-state index contributed by atoms with van der Waals surface area (Å²) in [6, 6.07) is 17.9. The Kier molecular flexibility index (Phi) is 8.91. The Morgan fingerprint density at radius 1 is 0.897 bits per heavy atom. The number of amides is 2. The Morgan fingerprint density at radius 2 is 1.52 bits per heavy atom. The van der Waals surface area contributed by atoms with Crippen LogP contribution in [-0.4, -0.2) is 28.8 Å². The zero-order valence-corrected chi connectivity index (χ0v) is 18.2. The molecule has 2 aromatic carbocycles. The zero-order chi connectivity index (χ0) is 21.2. The Morgan fingerprint density at radius 3 is 2.07 bits per heavy atom. The van der Waals surface area contributed by atoms with Crippen LogP contribution in [0.25, 0.3) is 0 Å². The summed E-state index contributed by atoms with van der Waals surface area (Å²) >= 11 is 0. The molecule has 1 atom stereocenters. The largest absolute Gasteiger partial charge is 0.352 e. The molecule has 156 valence electrons. The first kappa shape index (κ1) is 22.7. The van der Waals surface area contributed by atoms with Crippen LogP contribution < -0.4 is 5.32 Å². The summed E-state index contributed by atoms with van der Waals surface area (Å²) < 4.78 is 0. The molecule has 4 heteroatoms. The van der Waals surface area contributed by atoms with Crippen LogP contribution in [0.3, 0.4) is 0 Å². The normalized spacial score (nSPS) is 11.9. The second-order valence-electron chi connectivity index (χ2n) is 7.76. The van der Waals surface area contributed by atoms with E-state index in [0.29, 0.717) is 25.8 Å². The summed E-state index contributed by atoms with van der Waals surface area (Å²) in [5.74, 6) is -0.0711. The molecule has 0 fully saturated rings. The first-order chi connectivity index (χ1) is 13.9. The third kappa shape index (κ3) is 7.04. The van der Waals surface area contributed by atoms with Crippen LogP contribution in [0.4, 0.5) is 0 Å². The molecule has 0 spiro atoms. The number of benzene rings is 2. The van der Waals surface area contributed by atoms with E-state index in [4.69, 9.17) is 0 Å². The Bertz CT molecular complexity index is 769. The number of hydrogen-bond acceptors (Lipinski definition) is 2. The molecule has 0 aliphatic rings. The Balaban J connectivity index is 2.15. The molecule has 0 aliphatic carbocycles. The minimum absolute atomic E-state index is 0.0131. The maximum atomic E-state index is 13.2. The lowest BCUT2D eigenvalue weighted by Gasteiger charge is -2.31. The highest BCUT2D eigenvalue weighted by atomic mass is 16.2. The number of carbonyl (C=O) groups excluding carboxylic acids is 2. The van der Waals surface area contributed by atoms with Gasteiger partial charge in [0.2, 0.25) is 11.8 Å². The molecular formula is C25H34N2O2. The summed E-state index contributed by atoms with van der Waals surface area (Å²) in [7, 11) is 0. The minimum atomic E-state index is -0.465. The van der Waals surface area contributed by atoms with Gasteiger partial charge in [0.25, 0.3) is 0 Å². The Hall–Kier alpha value is -2.62. The summed E-state index contributed by atoms with van der Waals surface area (Å²) in [5, 5.41) is 2.97. The molecule has 0 aliphatic heterocycles. The zero-order valence-electron chi connectivity index (χ0n) is 18.2. The van der Waals surface area contributed by atoms with Gasteiger partial charge >= 0.3 is 0 Å². The van der Waals surface area contributed by atoms with Crippen LogP contribution in [0.5, 0.6) is 0 Å². The van der Waals surface area contributed by atoms with E-state index in [0.717, 1.165) is 17.5 Å². The molecule has 0 bridgehead atoms. The van der Waals surface area contributed by atoms with Gasteiger partial charge in [-0.25, -0.2) is 0 Å². The fourth-order valence-electron chi connectivity index (χ4n) is 3.42. The fourth-order valence-corrected chi connectivity index (χ4v) is 3.42. The number of aryl methyl sites for hydroxylation is 2. The van der Waals surface area contributed by atoms with Crippen molar-refractivity contribution < 1.29 is 9.59 Å². The average molecular weight is 395 g/mol. The predicted octanol–water partition coefficient (Wildman–Crippen LogP) is 4.51. The number of carbonyl (C=O) groups is 2. The molecule has 1 N–H and O–H groups in total. The average Bonchev–Trinajstić information content (AvgIpc) is 2.72. The van der Waals surface area contributed by atoms with E-state index >= 15 is 0 Å². The van der Waals surface area contributed by atoms with Gasteiger partial charge in [0.1, 0.15) is 6.04 Å². The molecular weight excluding hydrogens is 360 g/mol. The fraction of sp³-hybridized carbons (Fsp3) is 0.440. The molecule has 2 amide bonds. The van der Waals surface area contributed by atoms with Crippen LogP contribution in [0.15, 0.2) is 54.6 Å². The highest BCUT2D eigenvalue weighted by Gasteiger charge is 2.28. The van der Waals surface area contributed by atoms with Crippen molar-refractivity contribution in [2.45, 2.75) is 72.0 Å². The van der Waals surface area contributed by atoms with Crippen molar-refractivity contribution in [2.75, 3.05) is 0 Å². The molecule has 0 saturated heterocycles. The van der Waals surface area contributed by atoms with E-state index in [-0.39, 0.29) is 17.9 Å². The van der Waals surface area contributed by atoms with E-state index in [2.05, 4.69) is 36.5 Å². The second-order valence-corrected chi connectivity index (χ2v) is 7.76. The second kappa shape index (κ2) is 11.4. The van der Waals surface area contributed by atoms with E-state index in [1.54, 1.807) is 4.90 Å². The third-order valence-corrected chi connectivity index (χ3v) is 5.07. The van der Waals surface area contributed by atoms with Crippen LogP contribution >= 0.6 is 0 Å². The van der Waals surface area contributed by atoms with Crippen LogP contribution in [-0.2, 0) is 29.0 Å². The lowest BCUT2D eigenvalue weighted by Crippen LogP contribution is -2.50. The van der Waals surface area contributed by atoms with Crippen molar-refractivity contribution in [1.82, 2.24) is 10.2 Å². The smallest absolute Gasteiger partial charge is 0.243 e. The number of hydrogen-bond donors (Lipinski definition) is 1. The van der Waals surface area contributed by atoms with Gasteiger partial charge in [0.15, 0.2) is 0 Å². The maximum Gasteiger partial charge on any atom is 0.243 e. The SMILES string of the molecule is CCc1ccc(CCC(=O)N(Cc2ccccc2)[C@@H](CC)C(=O)NC(C)C)cc1. The number of rotatable bonds is 10. The van der Waals surface area contributed by atoms with E-state index in [1.165, 1.54) is 5.56 Å². The lowest BCUT2D eigenvalue weighted by molar-refractivity contribution is -0.141. The van der Waals surface area contributed by atoms with Gasteiger partial charge in [-0.2, -0.15) is 0 Å². The molecule has 0 heterocycles. The predicted molar refractivity (Wildman–Crippen MR) is 118 cm³/mol. The van der Waals surface area contributed by atoms with Crippen LogP contribution in [0, 0.1) is 0 Å². The highest BCUT2D eigenvalue weighted by Crippen LogP contribution is 2.15. The molecule has 2 rings (SSSR count). The van der Waals surface area contributed by atoms with E-state index < -0.39 is 6.04 Å². The number of nitrogens with zero attached hydrogens (tertiary/aromatic N) is 1. The van der Waals surface area contributed by atoms with Crippen molar-refractivity contribution in [1.29, 1.82) is 0 Å². The van der Waals surface area contributed by atoms with Gasteiger partial charge < -0.3 is 10.2 Å². The summed E-state index contributed by atoms with van der Waals surface area (Å²) in [6.07, 6.45) is 2.66. The van der Waals surface area contributed by atoms with Crippen molar-refractivity contribution in [3.8, 4) is 0 Å². The standard InChI is InChI=1S/C25H34N2O2/c1-5-20-12-14-21(15-13-20)16-17-24(28)27(18-22-10-8-7-9-11-22)23(6-2)25(29)26-19(3)4/h7-15,19,23H,5-6,16-18H2,1-4H3,(H,26,29)/t23-/m0/s1. The summed E-state index contributed by atoms with van der Waals surface area (Å²) in [5.41, 5.74) is 3.47. The van der Waals surface area contributed by atoms with Gasteiger partial charge in [0.05, 0.1) is 0 Å². The van der Waals surface area contributed by atoms with Gasteiger partial charge in [0, 0.05) is 19.0 Å². The van der Waals surface area contributed by atoms with Crippen LogP contribution in [0.2, 0.25) is 0 Å². The molecule has 4 nitrogen and oxygen atoms in total. The van der Waals surface area contributed by atoms with Gasteiger partial charge in [-0.3, -0.25) is 9.59 Å². The highest BCUT2D eigenvalue weighted by molar-refractivity contribution is 5.87. The van der Waals surface area contributed by atoms with Gasteiger partial charge in [-0.15, -0.1) is 0 Å². The van der Waals surface area contributed by atoms with E-state index in [9.17, 15) is 9.59 Å². The quantitative estimate of drug-likeness (QED) is 0.644. The topological polar surface area (TPSA) is 49.4 Å². The van der Waals surface area contributed by atoms with Crippen molar-refractivity contribution in [3.05, 3.63) is 71.3 Å². The third-order valence-electron chi connectivity index (χ3n) is 5.07. The number of nitrogens with one attached hydrogen (secondary N) is 1. The molecule has 0 radical (unpaired) electrons.